The van der Waals surface area contributed by atoms with Gasteiger partial charge >= 0.3 is 6.18 Å². The minimum absolute atomic E-state index is 0.0299. The minimum atomic E-state index is -4.52. The number of hydrazone groups is 1. The maximum Gasteiger partial charge on any atom is 0.416 e. The van der Waals surface area contributed by atoms with Gasteiger partial charge in [-0.2, -0.15) is 23.3 Å². The molecule has 1 aliphatic heterocycles. The van der Waals surface area contributed by atoms with E-state index in [2.05, 4.69) is 5.10 Å². The highest BCUT2D eigenvalue weighted by Gasteiger charge is 2.33. The van der Waals surface area contributed by atoms with Crippen molar-refractivity contribution in [2.75, 3.05) is 18.2 Å². The Bertz CT molecular complexity index is 1060. The van der Waals surface area contributed by atoms with Crippen LogP contribution in [0.4, 0.5) is 18.9 Å². The Morgan fingerprint density at radius 3 is 2.48 bits per heavy atom. The average molecular weight is 453 g/mol. The Labute approximate surface area is 182 Å². The van der Waals surface area contributed by atoms with Gasteiger partial charge in [0.1, 0.15) is 0 Å². The predicted octanol–water partition coefficient (Wildman–Crippen LogP) is 5.96. The van der Waals surface area contributed by atoms with Crippen molar-refractivity contribution in [3.05, 3.63) is 58.1 Å². The summed E-state index contributed by atoms with van der Waals surface area (Å²) < 4.78 is 50.2. The number of ether oxygens (including phenoxy) is 2. The zero-order valence-corrected chi connectivity index (χ0v) is 17.8. The Morgan fingerprint density at radius 1 is 1.13 bits per heavy atom. The standard InChI is InChI=1S/C22H20ClF3N2O3/c1-4-30-19-11-14(10-18(23)20(19)31-5-2)9-17-13(3)27-28(21(17)29)16-8-6-7-15(12-16)22(24,25)26/h6-12H,4-5H2,1-3H3/b17-9+. The van der Waals surface area contributed by atoms with Gasteiger partial charge in [-0.25, -0.2) is 0 Å². The fourth-order valence-electron chi connectivity index (χ4n) is 3.06. The predicted molar refractivity (Wildman–Crippen MR) is 114 cm³/mol. The summed E-state index contributed by atoms with van der Waals surface area (Å²) in [5.74, 6) is 0.292. The maximum atomic E-state index is 13.0. The SMILES string of the molecule is CCOc1cc(/C=C2/C(=O)N(c3cccc(C(F)(F)F)c3)N=C2C)cc(Cl)c1OCC. The summed E-state index contributed by atoms with van der Waals surface area (Å²) in [4.78, 5) is 12.9. The average Bonchev–Trinajstić information content (AvgIpc) is 2.98. The Morgan fingerprint density at radius 2 is 1.84 bits per heavy atom. The van der Waals surface area contributed by atoms with Gasteiger partial charge in [-0.1, -0.05) is 17.7 Å². The van der Waals surface area contributed by atoms with Crippen LogP contribution in [0.5, 0.6) is 11.5 Å². The fourth-order valence-corrected chi connectivity index (χ4v) is 3.33. The van der Waals surface area contributed by atoms with E-state index in [4.69, 9.17) is 21.1 Å². The number of carbonyl (C=O) groups excluding carboxylic acids is 1. The van der Waals surface area contributed by atoms with Crippen LogP contribution in [0.2, 0.25) is 5.02 Å². The van der Waals surface area contributed by atoms with Crippen molar-refractivity contribution in [3.8, 4) is 11.5 Å². The van der Waals surface area contributed by atoms with E-state index in [0.717, 1.165) is 17.1 Å². The largest absolute Gasteiger partial charge is 0.490 e. The van der Waals surface area contributed by atoms with E-state index in [-0.39, 0.29) is 11.3 Å². The van der Waals surface area contributed by atoms with Gasteiger partial charge in [0.15, 0.2) is 11.5 Å². The van der Waals surface area contributed by atoms with Gasteiger partial charge < -0.3 is 9.47 Å². The first-order chi connectivity index (χ1) is 14.7. The molecule has 0 saturated carbocycles. The number of rotatable bonds is 6. The number of hydrogen-bond donors (Lipinski definition) is 0. The van der Waals surface area contributed by atoms with Crippen LogP contribution >= 0.6 is 11.6 Å². The molecule has 0 atom stereocenters. The lowest BCUT2D eigenvalue weighted by molar-refractivity contribution is -0.137. The molecule has 2 aromatic carbocycles. The molecule has 0 radical (unpaired) electrons. The van der Waals surface area contributed by atoms with Crippen LogP contribution in [0, 0.1) is 0 Å². The molecule has 0 N–H and O–H groups in total. The van der Waals surface area contributed by atoms with E-state index in [1.165, 1.54) is 12.1 Å². The molecule has 9 heteroatoms. The molecular formula is C22H20ClF3N2O3. The molecular weight excluding hydrogens is 433 g/mol. The molecule has 1 heterocycles. The molecule has 1 aliphatic rings. The van der Waals surface area contributed by atoms with Gasteiger partial charge in [0.25, 0.3) is 5.91 Å². The van der Waals surface area contributed by atoms with Crippen LogP contribution in [0.1, 0.15) is 31.9 Å². The minimum Gasteiger partial charge on any atom is -0.490 e. The smallest absolute Gasteiger partial charge is 0.416 e. The van der Waals surface area contributed by atoms with Crippen molar-refractivity contribution in [2.24, 2.45) is 5.10 Å². The van der Waals surface area contributed by atoms with E-state index in [0.29, 0.717) is 41.0 Å². The number of nitrogens with zero attached hydrogens (tertiary/aromatic N) is 2. The van der Waals surface area contributed by atoms with Crippen LogP contribution in [0.15, 0.2) is 47.1 Å². The number of amides is 1. The second-order valence-electron chi connectivity index (χ2n) is 6.60. The quantitative estimate of drug-likeness (QED) is 0.508. The zero-order valence-electron chi connectivity index (χ0n) is 17.1. The van der Waals surface area contributed by atoms with E-state index in [9.17, 15) is 18.0 Å². The van der Waals surface area contributed by atoms with Gasteiger partial charge in [0, 0.05) is 0 Å². The number of benzene rings is 2. The van der Waals surface area contributed by atoms with Gasteiger partial charge in [-0.15, -0.1) is 0 Å². The van der Waals surface area contributed by atoms with Gasteiger partial charge in [-0.3, -0.25) is 4.79 Å². The maximum absolute atomic E-state index is 13.0. The van der Waals surface area contributed by atoms with E-state index in [1.54, 1.807) is 25.1 Å². The molecule has 0 fully saturated rings. The van der Waals surface area contributed by atoms with Crippen molar-refractivity contribution in [1.82, 2.24) is 0 Å². The molecule has 0 spiro atoms. The highest BCUT2D eigenvalue weighted by Crippen LogP contribution is 2.38. The third kappa shape index (κ3) is 4.85. The molecule has 0 aromatic heterocycles. The van der Waals surface area contributed by atoms with Crippen molar-refractivity contribution in [3.63, 3.8) is 0 Å². The topological polar surface area (TPSA) is 51.1 Å². The molecule has 0 bridgehead atoms. The Kier molecular flexibility index (Phi) is 6.59. The summed E-state index contributed by atoms with van der Waals surface area (Å²) in [6.07, 6.45) is -2.95. The highest BCUT2D eigenvalue weighted by molar-refractivity contribution is 6.33. The molecule has 0 saturated heterocycles. The number of alkyl halides is 3. The first-order valence-electron chi connectivity index (χ1n) is 9.53. The number of carbonyl (C=O) groups is 1. The van der Waals surface area contributed by atoms with Crippen LogP contribution in [-0.2, 0) is 11.0 Å². The van der Waals surface area contributed by atoms with Crippen LogP contribution < -0.4 is 14.5 Å². The van der Waals surface area contributed by atoms with Crippen molar-refractivity contribution >= 4 is 35.0 Å². The van der Waals surface area contributed by atoms with Crippen LogP contribution in [0.25, 0.3) is 6.08 Å². The molecule has 2 aromatic rings. The molecule has 5 nitrogen and oxygen atoms in total. The van der Waals surface area contributed by atoms with Gasteiger partial charge in [-0.05, 0) is 62.7 Å². The first-order valence-corrected chi connectivity index (χ1v) is 9.91. The molecule has 3 rings (SSSR count). The second-order valence-corrected chi connectivity index (χ2v) is 7.01. The zero-order chi connectivity index (χ0) is 22.8. The summed E-state index contributed by atoms with van der Waals surface area (Å²) >= 11 is 6.33. The van der Waals surface area contributed by atoms with E-state index in [1.807, 2.05) is 13.8 Å². The summed E-state index contributed by atoms with van der Waals surface area (Å²) in [6, 6.07) is 7.76. The second kappa shape index (κ2) is 9.01. The number of anilines is 1. The molecule has 1 amide bonds. The van der Waals surface area contributed by atoms with E-state index < -0.39 is 17.6 Å². The summed E-state index contributed by atoms with van der Waals surface area (Å²) in [5.41, 5.74) is 0.344. The van der Waals surface area contributed by atoms with Gasteiger partial charge in [0.2, 0.25) is 0 Å². The lowest BCUT2D eigenvalue weighted by Gasteiger charge is -2.15. The molecule has 31 heavy (non-hydrogen) atoms. The normalized spacial score (nSPS) is 15.5. The van der Waals surface area contributed by atoms with Crippen LogP contribution in [-0.4, -0.2) is 24.8 Å². The van der Waals surface area contributed by atoms with Crippen molar-refractivity contribution in [1.29, 1.82) is 0 Å². The number of halogens is 4. The first kappa shape index (κ1) is 22.7. The van der Waals surface area contributed by atoms with Crippen LogP contribution in [0.3, 0.4) is 0 Å². The molecule has 164 valence electrons. The monoisotopic (exact) mass is 452 g/mol. The van der Waals surface area contributed by atoms with Crippen molar-refractivity contribution < 1.29 is 27.4 Å². The summed E-state index contributed by atoms with van der Waals surface area (Å²) in [5, 5.41) is 5.41. The number of hydrogen-bond acceptors (Lipinski definition) is 4. The highest BCUT2D eigenvalue weighted by atomic mass is 35.5. The van der Waals surface area contributed by atoms with Gasteiger partial charge in [0.05, 0.1) is 40.8 Å². The third-order valence-electron chi connectivity index (χ3n) is 4.41. The lowest BCUT2D eigenvalue weighted by Crippen LogP contribution is -2.21. The lowest BCUT2D eigenvalue weighted by atomic mass is 10.1. The molecule has 0 aliphatic carbocycles. The third-order valence-corrected chi connectivity index (χ3v) is 4.69. The Balaban J connectivity index is 1.97. The molecule has 0 unspecified atom stereocenters. The summed E-state index contributed by atoms with van der Waals surface area (Å²) in [7, 11) is 0. The van der Waals surface area contributed by atoms with E-state index >= 15 is 0 Å². The summed E-state index contributed by atoms with van der Waals surface area (Å²) in [6.45, 7) is 6.03. The Hall–Kier alpha value is -3.00. The van der Waals surface area contributed by atoms with Crippen molar-refractivity contribution in [2.45, 2.75) is 26.9 Å². The fraction of sp³-hybridized carbons (Fsp3) is 0.273.